The zero-order valence-electron chi connectivity index (χ0n) is 15.5. The van der Waals surface area contributed by atoms with Crippen LogP contribution in [0.15, 0.2) is 0 Å². The molecule has 0 radical (unpaired) electrons. The summed E-state index contributed by atoms with van der Waals surface area (Å²) in [4.78, 5) is 48.7. The molecule has 11 heteroatoms. The Morgan fingerprint density at radius 1 is 1.00 bits per heavy atom. The first-order valence-corrected chi connectivity index (χ1v) is 8.97. The molecule has 0 aromatic rings. The average molecular weight is 406 g/mol. The number of ether oxygens (including phenoxy) is 3. The molecule has 160 valence electrons. The van der Waals surface area contributed by atoms with E-state index in [1.54, 1.807) is 0 Å². The Bertz CT molecular complexity index is 573. The van der Waals surface area contributed by atoms with Gasteiger partial charge in [-0.1, -0.05) is 32.6 Å². The van der Waals surface area contributed by atoms with Crippen LogP contribution < -0.4 is 0 Å². The lowest BCUT2D eigenvalue weighted by molar-refractivity contribution is -0.204. The molecule has 0 bridgehead atoms. The zero-order chi connectivity index (χ0) is 21.3. The second-order valence-corrected chi connectivity index (χ2v) is 6.39. The third kappa shape index (κ3) is 5.40. The minimum absolute atomic E-state index is 0.124. The summed E-state index contributed by atoms with van der Waals surface area (Å²) in [6.45, 7) is -1.34. The molecule has 1 fully saturated rings. The predicted octanol–water partition coefficient (Wildman–Crippen LogP) is -1.25. The van der Waals surface area contributed by atoms with E-state index in [0.717, 1.165) is 12.8 Å². The van der Waals surface area contributed by atoms with Crippen LogP contribution in [-0.2, 0) is 33.4 Å². The van der Waals surface area contributed by atoms with Crippen LogP contribution in [0.5, 0.6) is 0 Å². The van der Waals surface area contributed by atoms with E-state index in [1.165, 1.54) is 0 Å². The van der Waals surface area contributed by atoms with Gasteiger partial charge in [-0.2, -0.15) is 0 Å². The number of carbonyl (C=O) groups is 4. The van der Waals surface area contributed by atoms with E-state index in [9.17, 15) is 39.6 Å². The monoisotopic (exact) mass is 406 g/mol. The summed E-state index contributed by atoms with van der Waals surface area (Å²) < 4.78 is 14.4. The fraction of sp³-hybridized carbons (Fsp3) is 0.765. The Morgan fingerprint density at radius 2 is 1.61 bits per heavy atom. The summed E-state index contributed by atoms with van der Waals surface area (Å²) in [7, 11) is 0. The van der Waals surface area contributed by atoms with E-state index in [0.29, 0.717) is 12.8 Å². The van der Waals surface area contributed by atoms with Gasteiger partial charge in [0.1, 0.15) is 5.92 Å². The molecule has 4 atom stereocenters. The lowest BCUT2D eigenvalue weighted by atomic mass is 9.83. The van der Waals surface area contributed by atoms with E-state index in [-0.39, 0.29) is 6.42 Å². The van der Waals surface area contributed by atoms with Gasteiger partial charge in [0, 0.05) is 0 Å². The van der Waals surface area contributed by atoms with Crippen molar-refractivity contribution < 1.29 is 53.8 Å². The number of unbranched alkanes of at least 4 members (excludes halogenated alkanes) is 3. The predicted molar refractivity (Wildman–Crippen MR) is 89.7 cm³/mol. The molecule has 1 heterocycles. The molecule has 0 spiro atoms. The van der Waals surface area contributed by atoms with E-state index in [1.807, 2.05) is 6.92 Å². The number of aliphatic hydroxyl groups is 3. The van der Waals surface area contributed by atoms with Gasteiger partial charge in [-0.25, -0.2) is 14.4 Å². The summed E-state index contributed by atoms with van der Waals surface area (Å²) >= 11 is 0. The highest BCUT2D eigenvalue weighted by Crippen LogP contribution is 2.31. The zero-order valence-corrected chi connectivity index (χ0v) is 15.5. The van der Waals surface area contributed by atoms with E-state index in [4.69, 9.17) is 9.47 Å². The lowest BCUT2D eigenvalue weighted by Crippen LogP contribution is -2.57. The summed E-state index contributed by atoms with van der Waals surface area (Å²) in [6.07, 6.45) is -1.20. The van der Waals surface area contributed by atoms with Crippen molar-refractivity contribution in [2.45, 2.75) is 56.8 Å². The minimum atomic E-state index is -2.66. The fourth-order valence-corrected chi connectivity index (χ4v) is 2.80. The largest absolute Gasteiger partial charge is 0.481 e. The second-order valence-electron chi connectivity index (χ2n) is 6.39. The van der Waals surface area contributed by atoms with E-state index in [2.05, 4.69) is 4.74 Å². The van der Waals surface area contributed by atoms with Gasteiger partial charge in [-0.15, -0.1) is 0 Å². The minimum Gasteiger partial charge on any atom is -0.481 e. The number of carboxylic acids is 1. The quantitative estimate of drug-likeness (QED) is 0.194. The Kier molecular flexibility index (Phi) is 9.29. The van der Waals surface area contributed by atoms with Gasteiger partial charge in [0.15, 0.2) is 0 Å². The van der Waals surface area contributed by atoms with Crippen LogP contribution in [0, 0.1) is 5.92 Å². The van der Waals surface area contributed by atoms with Gasteiger partial charge in [-0.05, 0) is 6.42 Å². The molecule has 0 aromatic heterocycles. The molecule has 28 heavy (non-hydrogen) atoms. The van der Waals surface area contributed by atoms with Crippen LogP contribution in [0.1, 0.15) is 39.0 Å². The molecule has 0 aromatic carbocycles. The van der Waals surface area contributed by atoms with Gasteiger partial charge in [0.05, 0.1) is 19.8 Å². The summed E-state index contributed by atoms with van der Waals surface area (Å²) in [5, 5.41) is 38.0. The van der Waals surface area contributed by atoms with Crippen LogP contribution in [0.3, 0.4) is 0 Å². The van der Waals surface area contributed by atoms with Gasteiger partial charge < -0.3 is 34.6 Å². The Labute approximate surface area is 161 Å². The van der Waals surface area contributed by atoms with Crippen molar-refractivity contribution in [2.75, 3.05) is 19.8 Å². The number of hydrogen-bond acceptors (Lipinski definition) is 10. The maximum Gasteiger partial charge on any atom is 0.354 e. The topological polar surface area (TPSA) is 177 Å². The molecule has 11 nitrogen and oxygen atoms in total. The third-order valence-corrected chi connectivity index (χ3v) is 4.44. The normalized spacial score (nSPS) is 26.9. The first-order chi connectivity index (χ1) is 13.3. The van der Waals surface area contributed by atoms with Gasteiger partial charge >= 0.3 is 23.9 Å². The highest BCUT2D eigenvalue weighted by Gasteiger charge is 2.56. The highest BCUT2D eigenvalue weighted by molar-refractivity contribution is 5.93. The molecule has 1 aliphatic rings. The molecule has 0 aliphatic carbocycles. The van der Waals surface area contributed by atoms with Crippen molar-refractivity contribution in [3.63, 3.8) is 0 Å². The van der Waals surface area contributed by atoms with E-state index < -0.39 is 67.4 Å². The first kappa shape index (κ1) is 23.8. The van der Waals surface area contributed by atoms with Crippen LogP contribution in [0.25, 0.3) is 0 Å². The Morgan fingerprint density at radius 3 is 2.11 bits per heavy atom. The summed E-state index contributed by atoms with van der Waals surface area (Å²) in [5.74, 6) is -7.45. The maximum absolute atomic E-state index is 12.7. The smallest absolute Gasteiger partial charge is 0.354 e. The molecule has 4 N–H and O–H groups in total. The van der Waals surface area contributed by atoms with Crippen molar-refractivity contribution in [1.82, 2.24) is 0 Å². The maximum atomic E-state index is 12.7. The Balaban J connectivity index is 3.33. The average Bonchev–Trinajstić information content (AvgIpc) is 2.70. The number of esters is 3. The number of carbonyl (C=O) groups excluding carboxylic acids is 3. The molecule has 1 rings (SSSR count). The number of cyclic esters (lactones) is 3. The molecule has 1 saturated heterocycles. The fourth-order valence-electron chi connectivity index (χ4n) is 2.80. The van der Waals surface area contributed by atoms with Crippen LogP contribution in [0.2, 0.25) is 0 Å². The van der Waals surface area contributed by atoms with Crippen molar-refractivity contribution >= 4 is 23.9 Å². The van der Waals surface area contributed by atoms with Crippen molar-refractivity contribution in [3.8, 4) is 0 Å². The Hall–Kier alpha value is -2.24. The number of rotatable bonds is 10. The molecular formula is C17H26O11. The molecule has 4 unspecified atom stereocenters. The van der Waals surface area contributed by atoms with Crippen LogP contribution in [0.4, 0.5) is 0 Å². The molecular weight excluding hydrogens is 380 g/mol. The van der Waals surface area contributed by atoms with Crippen molar-refractivity contribution in [2.24, 2.45) is 5.92 Å². The highest BCUT2D eigenvalue weighted by atomic mass is 16.7. The summed E-state index contributed by atoms with van der Waals surface area (Å²) in [5.41, 5.74) is -2.66. The number of aliphatic hydroxyl groups excluding tert-OH is 3. The van der Waals surface area contributed by atoms with Gasteiger partial charge in [0.25, 0.3) is 0 Å². The molecule has 0 amide bonds. The van der Waals surface area contributed by atoms with Crippen LogP contribution in [-0.4, -0.2) is 81.9 Å². The van der Waals surface area contributed by atoms with Gasteiger partial charge in [0.2, 0.25) is 17.8 Å². The van der Waals surface area contributed by atoms with Crippen molar-refractivity contribution in [3.05, 3.63) is 0 Å². The number of aliphatic carboxylic acids is 1. The lowest BCUT2D eigenvalue weighted by Gasteiger charge is -2.34. The van der Waals surface area contributed by atoms with Crippen molar-refractivity contribution in [1.29, 1.82) is 0 Å². The SMILES string of the molecule is CCCCCCC(C(=O)O)C1(CO)OC(=O)C(CO)OC(=O)C(CO)OC1=O. The van der Waals surface area contributed by atoms with E-state index >= 15 is 0 Å². The second kappa shape index (κ2) is 10.9. The molecule has 0 saturated carbocycles. The first-order valence-electron chi connectivity index (χ1n) is 8.97. The summed E-state index contributed by atoms with van der Waals surface area (Å²) in [6, 6.07) is 0. The number of hydrogen-bond donors (Lipinski definition) is 4. The standard InChI is InChI=1S/C17H26O11/c1-2-3-4-5-6-10(13(21)22)17(9-20)16(25)27-11(7-18)14(23)26-12(8-19)15(24)28-17/h10-12,18-20H,2-9H2,1H3,(H,21,22). The molecule has 1 aliphatic heterocycles. The van der Waals surface area contributed by atoms with Crippen LogP contribution >= 0.6 is 0 Å². The number of carboxylic acid groups (broad SMARTS) is 1. The van der Waals surface area contributed by atoms with Gasteiger partial charge in [-0.3, -0.25) is 4.79 Å². The third-order valence-electron chi connectivity index (χ3n) is 4.44.